The number of nitrogens with zero attached hydrogens (tertiary/aromatic N) is 1. The normalized spacial score (nSPS) is 19.5. The highest BCUT2D eigenvalue weighted by molar-refractivity contribution is 7.89. The van der Waals surface area contributed by atoms with Gasteiger partial charge in [-0.15, -0.1) is 0 Å². The van der Waals surface area contributed by atoms with Crippen molar-refractivity contribution in [2.75, 3.05) is 32.9 Å². The number of ether oxygens (including phenoxy) is 2. The molecule has 8 heteroatoms. The summed E-state index contributed by atoms with van der Waals surface area (Å²) in [4.78, 5) is 12.7. The van der Waals surface area contributed by atoms with Crippen LogP contribution in [0.4, 0.5) is 0 Å². The minimum atomic E-state index is -3.56. The van der Waals surface area contributed by atoms with E-state index in [0.29, 0.717) is 37.6 Å². The SMILES string of the molecule is Cc1cc(S(=O)(=O)N2CCOCC2)ccc1OCC(=O)N[C@@H]1CCCc2ccccc21. The van der Waals surface area contributed by atoms with E-state index >= 15 is 0 Å². The molecule has 0 radical (unpaired) electrons. The summed E-state index contributed by atoms with van der Waals surface area (Å²) in [5.41, 5.74) is 3.13. The Bertz CT molecular complexity index is 1050. The predicted molar refractivity (Wildman–Crippen MR) is 117 cm³/mol. The van der Waals surface area contributed by atoms with Gasteiger partial charge in [-0.2, -0.15) is 4.31 Å². The summed E-state index contributed by atoms with van der Waals surface area (Å²) in [5.74, 6) is 0.311. The van der Waals surface area contributed by atoms with E-state index in [1.807, 2.05) is 12.1 Å². The Balaban J connectivity index is 1.37. The molecule has 1 aliphatic heterocycles. The zero-order chi connectivity index (χ0) is 21.8. The molecule has 4 rings (SSSR count). The van der Waals surface area contributed by atoms with Gasteiger partial charge in [0.05, 0.1) is 24.2 Å². The van der Waals surface area contributed by atoms with Crippen LogP contribution in [-0.2, 0) is 26.0 Å². The van der Waals surface area contributed by atoms with Gasteiger partial charge in [-0.3, -0.25) is 4.79 Å². The van der Waals surface area contributed by atoms with Crippen LogP contribution < -0.4 is 10.1 Å². The van der Waals surface area contributed by atoms with E-state index in [1.165, 1.54) is 21.5 Å². The van der Waals surface area contributed by atoms with Crippen LogP contribution in [0, 0.1) is 6.92 Å². The number of amides is 1. The maximum Gasteiger partial charge on any atom is 0.258 e. The number of hydrogen-bond acceptors (Lipinski definition) is 5. The fourth-order valence-electron chi connectivity index (χ4n) is 4.16. The van der Waals surface area contributed by atoms with Crippen LogP contribution in [0.3, 0.4) is 0 Å². The first-order valence-electron chi connectivity index (χ1n) is 10.6. The van der Waals surface area contributed by atoms with Crippen LogP contribution in [0.1, 0.15) is 35.6 Å². The van der Waals surface area contributed by atoms with Crippen LogP contribution in [-0.4, -0.2) is 51.5 Å². The van der Waals surface area contributed by atoms with Crippen molar-refractivity contribution in [1.82, 2.24) is 9.62 Å². The van der Waals surface area contributed by atoms with E-state index in [-0.39, 0.29) is 23.5 Å². The number of carbonyl (C=O) groups is 1. The van der Waals surface area contributed by atoms with Crippen LogP contribution in [0.5, 0.6) is 5.75 Å². The van der Waals surface area contributed by atoms with E-state index in [1.54, 1.807) is 19.1 Å². The van der Waals surface area contributed by atoms with Crippen LogP contribution >= 0.6 is 0 Å². The first-order chi connectivity index (χ1) is 14.9. The molecule has 2 aliphatic rings. The maximum atomic E-state index is 12.8. The third kappa shape index (κ3) is 4.92. The Labute approximate surface area is 183 Å². The van der Waals surface area contributed by atoms with Crippen molar-refractivity contribution in [3.05, 3.63) is 59.2 Å². The molecule has 0 spiro atoms. The zero-order valence-electron chi connectivity index (χ0n) is 17.7. The molecule has 7 nitrogen and oxygen atoms in total. The summed E-state index contributed by atoms with van der Waals surface area (Å²) in [6.45, 7) is 3.17. The number of carbonyl (C=O) groups excluding carboxylic acids is 1. The molecule has 1 amide bonds. The van der Waals surface area contributed by atoms with Crippen molar-refractivity contribution < 1.29 is 22.7 Å². The lowest BCUT2D eigenvalue weighted by molar-refractivity contribution is -0.124. The minimum absolute atomic E-state index is 0.00295. The molecule has 31 heavy (non-hydrogen) atoms. The molecule has 1 heterocycles. The highest BCUT2D eigenvalue weighted by atomic mass is 32.2. The van der Waals surface area contributed by atoms with Gasteiger partial charge in [0.25, 0.3) is 5.91 Å². The summed E-state index contributed by atoms with van der Waals surface area (Å²) in [6, 6.07) is 12.9. The van der Waals surface area contributed by atoms with Gasteiger partial charge < -0.3 is 14.8 Å². The lowest BCUT2D eigenvalue weighted by Crippen LogP contribution is -2.40. The number of hydrogen-bond donors (Lipinski definition) is 1. The number of rotatable bonds is 6. The number of nitrogens with one attached hydrogen (secondary N) is 1. The van der Waals surface area contributed by atoms with Gasteiger partial charge in [-0.1, -0.05) is 24.3 Å². The molecule has 1 N–H and O–H groups in total. The highest BCUT2D eigenvalue weighted by Gasteiger charge is 2.27. The van der Waals surface area contributed by atoms with Crippen molar-refractivity contribution in [3.63, 3.8) is 0 Å². The summed E-state index contributed by atoms with van der Waals surface area (Å²) in [7, 11) is -3.56. The monoisotopic (exact) mass is 444 g/mol. The van der Waals surface area contributed by atoms with Gasteiger partial charge in [0.1, 0.15) is 5.75 Å². The summed E-state index contributed by atoms with van der Waals surface area (Å²) in [5, 5.41) is 3.07. The summed E-state index contributed by atoms with van der Waals surface area (Å²) >= 11 is 0. The third-order valence-corrected chi connectivity index (χ3v) is 7.71. The maximum absolute atomic E-state index is 12.8. The smallest absolute Gasteiger partial charge is 0.258 e. The van der Waals surface area contributed by atoms with Crippen molar-refractivity contribution in [2.45, 2.75) is 37.1 Å². The molecule has 1 saturated heterocycles. The standard InChI is InChI=1S/C23H28N2O5S/c1-17-15-19(31(27,28)25-11-13-29-14-12-25)9-10-22(17)30-16-23(26)24-21-8-4-6-18-5-2-3-7-20(18)21/h2-3,5,7,9-10,15,21H,4,6,8,11-14,16H2,1H3,(H,24,26)/t21-/m1/s1. The van der Waals surface area contributed by atoms with Gasteiger partial charge in [-0.25, -0.2) is 8.42 Å². The van der Waals surface area contributed by atoms with Crippen molar-refractivity contribution >= 4 is 15.9 Å². The Morgan fingerprint density at radius 2 is 1.97 bits per heavy atom. The van der Waals surface area contributed by atoms with Crippen LogP contribution in [0.2, 0.25) is 0 Å². The van der Waals surface area contributed by atoms with Crippen molar-refractivity contribution in [2.24, 2.45) is 0 Å². The molecule has 1 fully saturated rings. The Morgan fingerprint density at radius 3 is 2.74 bits per heavy atom. The van der Waals surface area contributed by atoms with Gasteiger partial charge in [-0.05, 0) is 61.1 Å². The van der Waals surface area contributed by atoms with Gasteiger partial charge in [0.15, 0.2) is 6.61 Å². The number of morpholine rings is 1. The lowest BCUT2D eigenvalue weighted by Gasteiger charge is -2.26. The van der Waals surface area contributed by atoms with E-state index < -0.39 is 10.0 Å². The highest BCUT2D eigenvalue weighted by Crippen LogP contribution is 2.29. The molecule has 1 aliphatic carbocycles. The molecular weight excluding hydrogens is 416 g/mol. The molecule has 1 atom stereocenters. The molecule has 166 valence electrons. The largest absolute Gasteiger partial charge is 0.484 e. The number of aryl methyl sites for hydroxylation is 2. The van der Waals surface area contributed by atoms with Crippen LogP contribution in [0.25, 0.3) is 0 Å². The van der Waals surface area contributed by atoms with E-state index in [2.05, 4.69) is 17.4 Å². The Kier molecular flexibility index (Phi) is 6.60. The number of benzene rings is 2. The van der Waals surface area contributed by atoms with E-state index in [9.17, 15) is 13.2 Å². The topological polar surface area (TPSA) is 84.9 Å². The van der Waals surface area contributed by atoms with Crippen molar-refractivity contribution in [1.29, 1.82) is 0 Å². The van der Waals surface area contributed by atoms with Crippen molar-refractivity contribution in [3.8, 4) is 5.75 Å². The number of sulfonamides is 1. The molecule has 0 unspecified atom stereocenters. The van der Waals surface area contributed by atoms with E-state index in [4.69, 9.17) is 9.47 Å². The average Bonchev–Trinajstić information content (AvgIpc) is 2.79. The Hall–Kier alpha value is -2.42. The molecule has 0 saturated carbocycles. The molecular formula is C23H28N2O5S. The summed E-state index contributed by atoms with van der Waals surface area (Å²) < 4.78 is 38.0. The lowest BCUT2D eigenvalue weighted by atomic mass is 9.88. The quantitative estimate of drug-likeness (QED) is 0.740. The first-order valence-corrected chi connectivity index (χ1v) is 12.1. The number of fused-ring (bicyclic) bond motifs is 1. The predicted octanol–water partition coefficient (Wildman–Crippen LogP) is 2.59. The summed E-state index contributed by atoms with van der Waals surface area (Å²) in [6.07, 6.45) is 2.99. The first kappa shape index (κ1) is 21.8. The second-order valence-corrected chi connectivity index (χ2v) is 9.88. The second kappa shape index (κ2) is 9.38. The van der Waals surface area contributed by atoms with Gasteiger partial charge in [0, 0.05) is 13.1 Å². The molecule has 2 aromatic rings. The molecule has 0 aromatic heterocycles. The second-order valence-electron chi connectivity index (χ2n) is 7.94. The van der Waals surface area contributed by atoms with Crippen LogP contribution in [0.15, 0.2) is 47.4 Å². The molecule has 0 bridgehead atoms. The minimum Gasteiger partial charge on any atom is -0.484 e. The Morgan fingerprint density at radius 1 is 1.19 bits per heavy atom. The zero-order valence-corrected chi connectivity index (χ0v) is 18.5. The van der Waals surface area contributed by atoms with Gasteiger partial charge in [0.2, 0.25) is 10.0 Å². The fraction of sp³-hybridized carbons (Fsp3) is 0.435. The fourth-order valence-corrected chi connectivity index (χ4v) is 5.66. The van der Waals surface area contributed by atoms with Gasteiger partial charge >= 0.3 is 0 Å². The van der Waals surface area contributed by atoms with E-state index in [0.717, 1.165) is 19.3 Å². The molecule has 2 aromatic carbocycles. The third-order valence-electron chi connectivity index (χ3n) is 5.82. The average molecular weight is 445 g/mol.